The molecule has 0 bridgehead atoms. The molecule has 1 aromatic carbocycles. The van der Waals surface area contributed by atoms with Gasteiger partial charge in [0.25, 0.3) is 0 Å². The van der Waals surface area contributed by atoms with E-state index in [9.17, 15) is 13.2 Å². The number of sulfonamides is 1. The van der Waals surface area contributed by atoms with Gasteiger partial charge in [-0.1, -0.05) is 6.92 Å². The van der Waals surface area contributed by atoms with Crippen molar-refractivity contribution in [2.45, 2.75) is 11.8 Å². The van der Waals surface area contributed by atoms with Crippen LogP contribution in [0.3, 0.4) is 0 Å². The number of nitrogens with one attached hydrogen (secondary N) is 1. The van der Waals surface area contributed by atoms with Crippen LogP contribution in [0.4, 0.5) is 0 Å². The second-order valence-electron chi connectivity index (χ2n) is 3.17. The summed E-state index contributed by atoms with van der Waals surface area (Å²) in [5.41, 5.74) is -0.0303. The number of ether oxygens (including phenoxy) is 1. The van der Waals surface area contributed by atoms with E-state index in [1.807, 2.05) is 0 Å². The highest BCUT2D eigenvalue weighted by Gasteiger charge is 2.19. The first-order chi connectivity index (χ1) is 7.92. The quantitative estimate of drug-likeness (QED) is 0.811. The van der Waals surface area contributed by atoms with Gasteiger partial charge in [-0.15, -0.1) is 0 Å². The lowest BCUT2D eigenvalue weighted by Crippen LogP contribution is -2.23. The van der Waals surface area contributed by atoms with Crippen LogP contribution in [0.15, 0.2) is 23.1 Å². The molecule has 0 atom stereocenters. The lowest BCUT2D eigenvalue weighted by molar-refractivity contribution is 0.0696. The van der Waals surface area contributed by atoms with E-state index in [4.69, 9.17) is 9.84 Å². The van der Waals surface area contributed by atoms with Crippen LogP contribution in [-0.4, -0.2) is 33.1 Å². The molecule has 0 radical (unpaired) electrons. The van der Waals surface area contributed by atoms with Crippen LogP contribution in [0.2, 0.25) is 0 Å². The zero-order valence-electron chi connectivity index (χ0n) is 9.43. The third kappa shape index (κ3) is 2.95. The van der Waals surface area contributed by atoms with E-state index in [2.05, 4.69) is 4.72 Å². The zero-order chi connectivity index (χ0) is 13.1. The Bertz CT molecular complexity index is 523. The van der Waals surface area contributed by atoms with Gasteiger partial charge in [0.1, 0.15) is 10.6 Å². The van der Waals surface area contributed by atoms with E-state index in [0.717, 1.165) is 0 Å². The predicted octanol–water partition coefficient (Wildman–Crippen LogP) is 0.692. The van der Waals surface area contributed by atoms with Crippen molar-refractivity contribution in [1.29, 1.82) is 0 Å². The number of hydrogen-bond donors (Lipinski definition) is 2. The first-order valence-corrected chi connectivity index (χ1v) is 6.31. The largest absolute Gasteiger partial charge is 0.495 e. The number of carboxylic acid groups (broad SMARTS) is 1. The molecule has 0 aliphatic carbocycles. The van der Waals surface area contributed by atoms with Gasteiger partial charge in [0.05, 0.1) is 12.7 Å². The van der Waals surface area contributed by atoms with Crippen LogP contribution in [-0.2, 0) is 10.0 Å². The van der Waals surface area contributed by atoms with E-state index in [-0.39, 0.29) is 22.8 Å². The van der Waals surface area contributed by atoms with E-state index in [0.29, 0.717) is 0 Å². The molecule has 1 aromatic rings. The predicted molar refractivity (Wildman–Crippen MR) is 60.8 cm³/mol. The Labute approximate surface area is 99.3 Å². The molecule has 1 rings (SSSR count). The third-order valence-corrected chi connectivity index (χ3v) is 3.62. The molecular formula is C10H13NO5S. The Morgan fingerprint density at radius 1 is 1.47 bits per heavy atom. The first kappa shape index (κ1) is 13.5. The minimum absolute atomic E-state index is 0.00542. The van der Waals surface area contributed by atoms with E-state index >= 15 is 0 Å². The fourth-order valence-electron chi connectivity index (χ4n) is 1.29. The molecule has 0 saturated heterocycles. The van der Waals surface area contributed by atoms with Gasteiger partial charge in [-0.2, -0.15) is 0 Å². The van der Waals surface area contributed by atoms with Gasteiger partial charge in [0.2, 0.25) is 10.0 Å². The van der Waals surface area contributed by atoms with Crippen LogP contribution in [0.25, 0.3) is 0 Å². The van der Waals surface area contributed by atoms with Crippen LogP contribution in [0.5, 0.6) is 5.75 Å². The number of hydrogen-bond acceptors (Lipinski definition) is 4. The summed E-state index contributed by atoms with van der Waals surface area (Å²) >= 11 is 0. The molecule has 0 unspecified atom stereocenters. The summed E-state index contributed by atoms with van der Waals surface area (Å²) < 4.78 is 30.7. The monoisotopic (exact) mass is 259 g/mol. The Balaban J connectivity index is 3.31. The van der Waals surface area contributed by atoms with Gasteiger partial charge in [-0.05, 0) is 18.2 Å². The van der Waals surface area contributed by atoms with Crippen molar-refractivity contribution in [3.63, 3.8) is 0 Å². The molecule has 0 aliphatic heterocycles. The van der Waals surface area contributed by atoms with Gasteiger partial charge in [-0.25, -0.2) is 17.9 Å². The van der Waals surface area contributed by atoms with Gasteiger partial charge < -0.3 is 9.84 Å². The molecule has 0 heterocycles. The van der Waals surface area contributed by atoms with E-state index in [1.165, 1.54) is 25.3 Å². The van der Waals surface area contributed by atoms with Crippen molar-refractivity contribution >= 4 is 16.0 Å². The summed E-state index contributed by atoms with van der Waals surface area (Å²) in [6.07, 6.45) is 0. The normalized spacial score (nSPS) is 11.2. The molecule has 0 aromatic heterocycles. The molecule has 2 N–H and O–H groups in total. The smallest absolute Gasteiger partial charge is 0.335 e. The SMILES string of the molecule is CCNS(=O)(=O)c1ccc(C(=O)O)cc1OC. The molecule has 0 aliphatic rings. The molecule has 0 fully saturated rings. The maximum atomic E-state index is 11.8. The minimum Gasteiger partial charge on any atom is -0.495 e. The van der Waals surface area contributed by atoms with Crippen LogP contribution in [0, 0.1) is 0 Å². The fraction of sp³-hybridized carbons (Fsp3) is 0.300. The summed E-state index contributed by atoms with van der Waals surface area (Å²) in [5, 5.41) is 8.78. The van der Waals surface area contributed by atoms with Gasteiger partial charge in [0, 0.05) is 6.54 Å². The highest BCUT2D eigenvalue weighted by atomic mass is 32.2. The Kier molecular flexibility index (Phi) is 4.08. The molecule has 0 spiro atoms. The maximum absolute atomic E-state index is 11.8. The van der Waals surface area contributed by atoms with Crippen molar-refractivity contribution in [2.75, 3.05) is 13.7 Å². The second-order valence-corrected chi connectivity index (χ2v) is 4.91. The number of aromatic carboxylic acids is 1. The number of rotatable bonds is 5. The highest BCUT2D eigenvalue weighted by Crippen LogP contribution is 2.24. The van der Waals surface area contributed by atoms with Crippen molar-refractivity contribution in [1.82, 2.24) is 4.72 Å². The standard InChI is InChI=1S/C10H13NO5S/c1-3-11-17(14,15)9-5-4-7(10(12)13)6-8(9)16-2/h4-6,11H,3H2,1-2H3,(H,12,13). The maximum Gasteiger partial charge on any atom is 0.335 e. The number of carboxylic acids is 1. The summed E-state index contributed by atoms with van der Waals surface area (Å²) in [6.45, 7) is 1.89. The molecule has 0 amide bonds. The Morgan fingerprint density at radius 3 is 2.59 bits per heavy atom. The van der Waals surface area contributed by atoms with Crippen LogP contribution < -0.4 is 9.46 Å². The molecule has 7 heteroatoms. The number of benzene rings is 1. The molecule has 6 nitrogen and oxygen atoms in total. The van der Waals surface area contributed by atoms with Gasteiger partial charge in [0.15, 0.2) is 0 Å². The number of carbonyl (C=O) groups is 1. The number of methoxy groups -OCH3 is 1. The third-order valence-electron chi connectivity index (χ3n) is 2.03. The van der Waals surface area contributed by atoms with E-state index in [1.54, 1.807) is 6.92 Å². The molecular weight excluding hydrogens is 246 g/mol. The van der Waals surface area contributed by atoms with Crippen molar-refractivity contribution < 1.29 is 23.1 Å². The molecule has 17 heavy (non-hydrogen) atoms. The summed E-state index contributed by atoms with van der Waals surface area (Å²) in [5.74, 6) is -1.14. The topological polar surface area (TPSA) is 92.7 Å². The summed E-state index contributed by atoms with van der Waals surface area (Å²) in [7, 11) is -2.38. The summed E-state index contributed by atoms with van der Waals surface area (Å²) in [6, 6.07) is 3.60. The van der Waals surface area contributed by atoms with E-state index < -0.39 is 16.0 Å². The van der Waals surface area contributed by atoms with Crippen LogP contribution >= 0.6 is 0 Å². The average Bonchev–Trinajstić information content (AvgIpc) is 2.28. The molecule has 0 saturated carbocycles. The van der Waals surface area contributed by atoms with Crippen molar-refractivity contribution in [3.05, 3.63) is 23.8 Å². The van der Waals surface area contributed by atoms with Crippen molar-refractivity contribution in [3.8, 4) is 5.75 Å². The molecule has 94 valence electrons. The van der Waals surface area contributed by atoms with Gasteiger partial charge >= 0.3 is 5.97 Å². The Hall–Kier alpha value is -1.60. The fourth-order valence-corrected chi connectivity index (χ4v) is 2.48. The lowest BCUT2D eigenvalue weighted by Gasteiger charge is -2.10. The van der Waals surface area contributed by atoms with Crippen LogP contribution in [0.1, 0.15) is 17.3 Å². The zero-order valence-corrected chi connectivity index (χ0v) is 10.2. The minimum atomic E-state index is -3.66. The Morgan fingerprint density at radius 2 is 2.12 bits per heavy atom. The second kappa shape index (κ2) is 5.15. The first-order valence-electron chi connectivity index (χ1n) is 4.83. The van der Waals surface area contributed by atoms with Crippen molar-refractivity contribution in [2.24, 2.45) is 0 Å². The summed E-state index contributed by atoms with van der Waals surface area (Å²) in [4.78, 5) is 10.7. The average molecular weight is 259 g/mol. The highest BCUT2D eigenvalue weighted by molar-refractivity contribution is 7.89. The lowest BCUT2D eigenvalue weighted by atomic mass is 10.2. The van der Waals surface area contributed by atoms with Gasteiger partial charge in [-0.3, -0.25) is 0 Å².